The lowest BCUT2D eigenvalue weighted by Crippen LogP contribution is -2.16. The molecule has 12 heavy (non-hydrogen) atoms. The van der Waals surface area contributed by atoms with Crippen LogP contribution in [0.5, 0.6) is 0 Å². The van der Waals surface area contributed by atoms with Gasteiger partial charge in [-0.2, -0.15) is 0 Å². The number of hydrogen-bond donors (Lipinski definition) is 1. The highest BCUT2D eigenvalue weighted by Gasteiger charge is 2.72. The Morgan fingerprint density at radius 3 is 2.75 bits per heavy atom. The molecule has 5 atom stereocenters. The summed E-state index contributed by atoms with van der Waals surface area (Å²) in [5.74, 6) is 1.49. The van der Waals surface area contributed by atoms with Gasteiger partial charge in [0.05, 0.1) is 11.7 Å². The van der Waals surface area contributed by atoms with E-state index < -0.39 is 0 Å². The third-order valence-electron chi connectivity index (χ3n) is 4.54. The largest absolute Gasteiger partial charge is 0.396 e. The number of epoxide rings is 1. The Morgan fingerprint density at radius 1 is 1.42 bits per heavy atom. The number of rotatable bonds is 1. The average Bonchev–Trinajstić information content (AvgIpc) is 2.85. The van der Waals surface area contributed by atoms with Crippen LogP contribution in [0.25, 0.3) is 0 Å². The van der Waals surface area contributed by atoms with Gasteiger partial charge in [-0.1, -0.05) is 6.92 Å². The molecule has 3 aliphatic rings. The molecule has 2 aliphatic carbocycles. The summed E-state index contributed by atoms with van der Waals surface area (Å²) >= 11 is 0. The first-order valence-electron chi connectivity index (χ1n) is 4.89. The van der Waals surface area contributed by atoms with Crippen molar-refractivity contribution in [1.29, 1.82) is 0 Å². The van der Waals surface area contributed by atoms with Gasteiger partial charge in [0.15, 0.2) is 0 Å². The van der Waals surface area contributed by atoms with Gasteiger partial charge >= 0.3 is 0 Å². The van der Waals surface area contributed by atoms with Crippen molar-refractivity contribution in [2.24, 2.45) is 17.3 Å². The molecule has 0 radical (unpaired) electrons. The Bertz CT molecular complexity index is 240. The van der Waals surface area contributed by atoms with Crippen molar-refractivity contribution >= 4 is 0 Å². The van der Waals surface area contributed by atoms with Crippen LogP contribution in [0.4, 0.5) is 0 Å². The Labute approximate surface area is 72.9 Å². The van der Waals surface area contributed by atoms with Crippen LogP contribution in [-0.4, -0.2) is 23.4 Å². The molecule has 68 valence electrons. The summed E-state index contributed by atoms with van der Waals surface area (Å²) in [6, 6.07) is 0. The zero-order valence-electron chi connectivity index (χ0n) is 7.71. The summed E-state index contributed by atoms with van der Waals surface area (Å²) in [5, 5.41) is 9.24. The van der Waals surface area contributed by atoms with Gasteiger partial charge in [-0.15, -0.1) is 0 Å². The van der Waals surface area contributed by atoms with Gasteiger partial charge in [0.1, 0.15) is 0 Å². The van der Waals surface area contributed by atoms with Crippen LogP contribution in [0.1, 0.15) is 26.7 Å². The monoisotopic (exact) mass is 168 g/mol. The first-order chi connectivity index (χ1) is 5.60. The highest BCUT2D eigenvalue weighted by Crippen LogP contribution is 2.70. The minimum Gasteiger partial charge on any atom is -0.396 e. The second kappa shape index (κ2) is 1.73. The smallest absolute Gasteiger partial charge is 0.0923 e. The summed E-state index contributed by atoms with van der Waals surface area (Å²) in [4.78, 5) is 0. The number of hydrogen-bond acceptors (Lipinski definition) is 2. The van der Waals surface area contributed by atoms with E-state index in [4.69, 9.17) is 4.74 Å². The molecular formula is C10H16O2. The number of fused-ring (bicyclic) bond motifs is 2. The first kappa shape index (κ1) is 7.34. The van der Waals surface area contributed by atoms with Gasteiger partial charge in [0.25, 0.3) is 0 Å². The molecule has 2 saturated carbocycles. The minimum absolute atomic E-state index is 0.202. The Morgan fingerprint density at radius 2 is 2.17 bits per heavy atom. The quantitative estimate of drug-likeness (QED) is 0.596. The van der Waals surface area contributed by atoms with Gasteiger partial charge in [-0.05, 0) is 37.0 Å². The van der Waals surface area contributed by atoms with Crippen LogP contribution >= 0.6 is 0 Å². The van der Waals surface area contributed by atoms with E-state index in [0.717, 1.165) is 11.8 Å². The van der Waals surface area contributed by atoms with Crippen LogP contribution in [0.2, 0.25) is 0 Å². The van der Waals surface area contributed by atoms with E-state index in [1.165, 1.54) is 12.8 Å². The summed E-state index contributed by atoms with van der Waals surface area (Å²) in [6.07, 6.45) is 2.89. The molecule has 0 aromatic heterocycles. The summed E-state index contributed by atoms with van der Waals surface area (Å²) in [5.41, 5.74) is 0.452. The highest BCUT2D eigenvalue weighted by atomic mass is 16.6. The van der Waals surface area contributed by atoms with Crippen LogP contribution in [0, 0.1) is 17.3 Å². The molecule has 0 bridgehead atoms. The van der Waals surface area contributed by atoms with Gasteiger partial charge in [0.2, 0.25) is 0 Å². The molecule has 0 amide bonds. The van der Waals surface area contributed by atoms with Crippen molar-refractivity contribution in [2.75, 3.05) is 6.61 Å². The molecule has 0 spiro atoms. The van der Waals surface area contributed by atoms with E-state index in [-0.39, 0.29) is 11.0 Å². The second-order valence-electron chi connectivity index (χ2n) is 5.24. The van der Waals surface area contributed by atoms with Gasteiger partial charge < -0.3 is 9.84 Å². The summed E-state index contributed by atoms with van der Waals surface area (Å²) in [7, 11) is 0. The maximum absolute atomic E-state index is 9.24. The third kappa shape index (κ3) is 0.647. The van der Waals surface area contributed by atoms with Crippen LogP contribution in [-0.2, 0) is 4.74 Å². The normalized spacial score (nSPS) is 66.8. The fourth-order valence-corrected chi connectivity index (χ4v) is 3.24. The van der Waals surface area contributed by atoms with Crippen molar-refractivity contribution < 1.29 is 9.84 Å². The predicted molar refractivity (Wildman–Crippen MR) is 44.7 cm³/mol. The standard InChI is InChI=1S/C10H16O2/c1-9(5-11)6-3-8-10(2,12-8)4-7(6)9/h6-8,11H,3-5H2,1-2H3/t6-,7+,8-,9+,10+/m1/s1. The molecule has 1 saturated heterocycles. The number of ether oxygens (including phenoxy) is 1. The molecule has 3 fully saturated rings. The maximum atomic E-state index is 9.24. The van der Waals surface area contributed by atoms with Gasteiger partial charge in [-0.3, -0.25) is 0 Å². The zero-order valence-corrected chi connectivity index (χ0v) is 7.71. The first-order valence-corrected chi connectivity index (χ1v) is 4.89. The molecule has 1 aliphatic heterocycles. The molecular weight excluding hydrogens is 152 g/mol. The van der Waals surface area contributed by atoms with E-state index in [0.29, 0.717) is 12.7 Å². The number of aliphatic hydroxyl groups excluding tert-OH is 1. The van der Waals surface area contributed by atoms with Crippen LogP contribution in [0.15, 0.2) is 0 Å². The van der Waals surface area contributed by atoms with E-state index in [1.807, 2.05) is 0 Å². The molecule has 3 rings (SSSR count). The van der Waals surface area contributed by atoms with E-state index in [9.17, 15) is 5.11 Å². The minimum atomic E-state index is 0.202. The molecule has 2 nitrogen and oxygen atoms in total. The Kier molecular flexibility index (Phi) is 1.06. The van der Waals surface area contributed by atoms with Gasteiger partial charge in [-0.25, -0.2) is 0 Å². The highest BCUT2D eigenvalue weighted by molar-refractivity contribution is 5.19. The molecule has 0 unspecified atom stereocenters. The van der Waals surface area contributed by atoms with E-state index in [1.54, 1.807) is 0 Å². The van der Waals surface area contributed by atoms with Gasteiger partial charge in [0, 0.05) is 6.61 Å². The van der Waals surface area contributed by atoms with Crippen molar-refractivity contribution in [3.05, 3.63) is 0 Å². The fraction of sp³-hybridized carbons (Fsp3) is 1.00. The summed E-state index contributed by atoms with van der Waals surface area (Å²) in [6.45, 7) is 4.80. The van der Waals surface area contributed by atoms with E-state index >= 15 is 0 Å². The lowest BCUT2D eigenvalue weighted by Gasteiger charge is -2.09. The maximum Gasteiger partial charge on any atom is 0.0923 e. The van der Waals surface area contributed by atoms with E-state index in [2.05, 4.69) is 13.8 Å². The zero-order chi connectivity index (χ0) is 8.56. The molecule has 0 aromatic rings. The molecule has 0 aromatic carbocycles. The predicted octanol–water partition coefficient (Wildman–Crippen LogP) is 1.18. The lowest BCUT2D eigenvalue weighted by molar-refractivity contribution is 0.190. The molecule has 1 heterocycles. The van der Waals surface area contributed by atoms with Crippen LogP contribution < -0.4 is 0 Å². The Hall–Kier alpha value is -0.0800. The van der Waals surface area contributed by atoms with Crippen LogP contribution in [0.3, 0.4) is 0 Å². The Balaban J connectivity index is 1.81. The molecule has 2 heteroatoms. The summed E-state index contributed by atoms with van der Waals surface area (Å²) < 4.78 is 5.62. The number of aliphatic hydroxyl groups is 1. The lowest BCUT2D eigenvalue weighted by atomic mass is 9.91. The second-order valence-corrected chi connectivity index (χ2v) is 5.24. The van der Waals surface area contributed by atoms with Crippen molar-refractivity contribution in [1.82, 2.24) is 0 Å². The third-order valence-corrected chi connectivity index (χ3v) is 4.54. The fourth-order valence-electron chi connectivity index (χ4n) is 3.24. The molecule has 1 N–H and O–H groups in total. The van der Waals surface area contributed by atoms with Crippen molar-refractivity contribution in [3.8, 4) is 0 Å². The SMILES string of the molecule is C[C@]1(CO)[C@@H]2C[C@H]3O[C@@]3(C)C[C@@H]21. The topological polar surface area (TPSA) is 32.8 Å². The van der Waals surface area contributed by atoms with Crippen molar-refractivity contribution in [3.63, 3.8) is 0 Å². The average molecular weight is 168 g/mol. The van der Waals surface area contributed by atoms with Crippen molar-refractivity contribution in [2.45, 2.75) is 38.4 Å².